The lowest BCUT2D eigenvalue weighted by Gasteiger charge is -2.12. The summed E-state index contributed by atoms with van der Waals surface area (Å²) in [5.41, 5.74) is 6.02. The monoisotopic (exact) mass is 199 g/mol. The Balaban J connectivity index is 2.77. The lowest BCUT2D eigenvalue weighted by atomic mass is 10.0. The van der Waals surface area contributed by atoms with E-state index in [2.05, 4.69) is 0 Å². The highest BCUT2D eigenvalue weighted by atomic mass is 19.1. The zero-order valence-corrected chi connectivity index (χ0v) is 8.26. The normalized spacial score (nSPS) is 12.9. The molecule has 0 bridgehead atoms. The van der Waals surface area contributed by atoms with Crippen LogP contribution in [0.1, 0.15) is 37.8 Å². The molecule has 0 aliphatic heterocycles. The van der Waals surface area contributed by atoms with Crippen LogP contribution in [0.15, 0.2) is 18.2 Å². The van der Waals surface area contributed by atoms with Crippen molar-refractivity contribution < 1.29 is 8.78 Å². The molecular formula is C11H15F2N. The van der Waals surface area contributed by atoms with Gasteiger partial charge in [0.2, 0.25) is 0 Å². The van der Waals surface area contributed by atoms with Crippen LogP contribution in [-0.2, 0) is 0 Å². The highest BCUT2D eigenvalue weighted by Gasteiger charge is 2.11. The standard InChI is InChI=1S/C11H15F2N/c1-2-3-4-11(14)9-7-8(12)5-6-10(9)13/h5-7,11H,2-4,14H2,1H3/t11-/m1/s1. The van der Waals surface area contributed by atoms with Gasteiger partial charge in [-0.2, -0.15) is 0 Å². The molecule has 0 radical (unpaired) electrons. The number of unbranched alkanes of at least 4 members (excludes halogenated alkanes) is 1. The molecule has 0 unspecified atom stereocenters. The first-order valence-electron chi connectivity index (χ1n) is 4.85. The molecule has 0 heterocycles. The summed E-state index contributed by atoms with van der Waals surface area (Å²) in [5, 5.41) is 0. The van der Waals surface area contributed by atoms with Gasteiger partial charge < -0.3 is 5.73 Å². The Bertz CT molecular complexity index is 299. The lowest BCUT2D eigenvalue weighted by molar-refractivity contribution is 0.535. The highest BCUT2D eigenvalue weighted by Crippen LogP contribution is 2.20. The first kappa shape index (κ1) is 11.1. The molecule has 0 aromatic heterocycles. The molecule has 2 N–H and O–H groups in total. The van der Waals surface area contributed by atoms with Crippen LogP contribution in [0.25, 0.3) is 0 Å². The maximum Gasteiger partial charge on any atom is 0.128 e. The Hall–Kier alpha value is -0.960. The van der Waals surface area contributed by atoms with Crippen molar-refractivity contribution >= 4 is 0 Å². The summed E-state index contributed by atoms with van der Waals surface area (Å²) in [6.07, 6.45) is 2.62. The summed E-state index contributed by atoms with van der Waals surface area (Å²) in [6.45, 7) is 2.04. The second kappa shape index (κ2) is 5.05. The van der Waals surface area contributed by atoms with Crippen molar-refractivity contribution in [2.24, 2.45) is 5.73 Å². The summed E-state index contributed by atoms with van der Waals surface area (Å²) in [7, 11) is 0. The van der Waals surface area contributed by atoms with Gasteiger partial charge in [0.25, 0.3) is 0 Å². The molecule has 0 fully saturated rings. The third kappa shape index (κ3) is 2.77. The van der Waals surface area contributed by atoms with E-state index in [0.29, 0.717) is 6.42 Å². The predicted molar refractivity (Wildman–Crippen MR) is 52.8 cm³/mol. The summed E-state index contributed by atoms with van der Waals surface area (Å²) < 4.78 is 26.0. The van der Waals surface area contributed by atoms with Gasteiger partial charge in [0.15, 0.2) is 0 Å². The van der Waals surface area contributed by atoms with Gasteiger partial charge in [-0.15, -0.1) is 0 Å². The van der Waals surface area contributed by atoms with Gasteiger partial charge in [-0.05, 0) is 24.6 Å². The van der Waals surface area contributed by atoms with E-state index in [9.17, 15) is 8.78 Å². The molecule has 0 aliphatic carbocycles. The van der Waals surface area contributed by atoms with Crippen molar-refractivity contribution in [2.75, 3.05) is 0 Å². The van der Waals surface area contributed by atoms with Crippen LogP contribution in [-0.4, -0.2) is 0 Å². The summed E-state index contributed by atoms with van der Waals surface area (Å²) in [5.74, 6) is -0.858. The lowest BCUT2D eigenvalue weighted by Crippen LogP contribution is -2.12. The van der Waals surface area contributed by atoms with E-state index >= 15 is 0 Å². The van der Waals surface area contributed by atoms with E-state index in [-0.39, 0.29) is 5.56 Å². The van der Waals surface area contributed by atoms with E-state index in [1.165, 1.54) is 6.07 Å². The van der Waals surface area contributed by atoms with E-state index < -0.39 is 17.7 Å². The van der Waals surface area contributed by atoms with Gasteiger partial charge in [0.1, 0.15) is 11.6 Å². The van der Waals surface area contributed by atoms with Crippen LogP contribution >= 0.6 is 0 Å². The third-order valence-corrected chi connectivity index (χ3v) is 2.23. The fourth-order valence-electron chi connectivity index (χ4n) is 1.38. The van der Waals surface area contributed by atoms with Gasteiger partial charge in [0, 0.05) is 11.6 Å². The maximum absolute atomic E-state index is 13.2. The van der Waals surface area contributed by atoms with Crippen molar-refractivity contribution in [2.45, 2.75) is 32.2 Å². The van der Waals surface area contributed by atoms with E-state index in [1.807, 2.05) is 6.92 Å². The van der Waals surface area contributed by atoms with Crippen molar-refractivity contribution in [3.05, 3.63) is 35.4 Å². The Morgan fingerprint density at radius 1 is 1.36 bits per heavy atom. The molecule has 1 aromatic rings. The molecule has 78 valence electrons. The minimum atomic E-state index is -0.437. The van der Waals surface area contributed by atoms with E-state index in [1.54, 1.807) is 0 Å². The van der Waals surface area contributed by atoms with Gasteiger partial charge in [0.05, 0.1) is 0 Å². The second-order valence-corrected chi connectivity index (χ2v) is 3.41. The summed E-state index contributed by atoms with van der Waals surface area (Å²) in [6, 6.07) is 3.00. The van der Waals surface area contributed by atoms with Crippen molar-refractivity contribution in [3.8, 4) is 0 Å². The van der Waals surface area contributed by atoms with Crippen molar-refractivity contribution in [1.29, 1.82) is 0 Å². The largest absolute Gasteiger partial charge is 0.324 e. The average molecular weight is 199 g/mol. The molecule has 1 aromatic carbocycles. The van der Waals surface area contributed by atoms with Crippen molar-refractivity contribution in [3.63, 3.8) is 0 Å². The molecular weight excluding hydrogens is 184 g/mol. The summed E-state index contributed by atoms with van der Waals surface area (Å²) in [4.78, 5) is 0. The third-order valence-electron chi connectivity index (χ3n) is 2.23. The number of benzene rings is 1. The Morgan fingerprint density at radius 3 is 2.71 bits per heavy atom. The highest BCUT2D eigenvalue weighted by molar-refractivity contribution is 5.21. The van der Waals surface area contributed by atoms with Crippen molar-refractivity contribution in [1.82, 2.24) is 0 Å². The first-order chi connectivity index (χ1) is 6.65. The Labute approximate surface area is 82.9 Å². The van der Waals surface area contributed by atoms with Gasteiger partial charge in [-0.1, -0.05) is 19.8 Å². The molecule has 0 amide bonds. The van der Waals surface area contributed by atoms with E-state index in [0.717, 1.165) is 25.0 Å². The van der Waals surface area contributed by atoms with Crippen LogP contribution in [0.5, 0.6) is 0 Å². The second-order valence-electron chi connectivity index (χ2n) is 3.41. The van der Waals surface area contributed by atoms with Crippen LogP contribution < -0.4 is 5.73 Å². The molecule has 0 spiro atoms. The van der Waals surface area contributed by atoms with Gasteiger partial charge >= 0.3 is 0 Å². The van der Waals surface area contributed by atoms with Gasteiger partial charge in [-0.3, -0.25) is 0 Å². The minimum Gasteiger partial charge on any atom is -0.324 e. The zero-order valence-electron chi connectivity index (χ0n) is 8.26. The molecule has 3 heteroatoms. The number of hydrogen-bond acceptors (Lipinski definition) is 1. The average Bonchev–Trinajstić information content (AvgIpc) is 2.18. The van der Waals surface area contributed by atoms with Gasteiger partial charge in [-0.25, -0.2) is 8.78 Å². The fourth-order valence-corrected chi connectivity index (χ4v) is 1.38. The van der Waals surface area contributed by atoms with Crippen LogP contribution in [0.3, 0.4) is 0 Å². The number of hydrogen-bond donors (Lipinski definition) is 1. The topological polar surface area (TPSA) is 26.0 Å². The number of nitrogens with two attached hydrogens (primary N) is 1. The molecule has 0 saturated heterocycles. The van der Waals surface area contributed by atoms with Crippen LogP contribution in [0.4, 0.5) is 8.78 Å². The predicted octanol–water partition coefficient (Wildman–Crippen LogP) is 3.15. The van der Waals surface area contributed by atoms with Crippen LogP contribution in [0, 0.1) is 11.6 Å². The Morgan fingerprint density at radius 2 is 2.07 bits per heavy atom. The molecule has 0 saturated carbocycles. The number of rotatable bonds is 4. The van der Waals surface area contributed by atoms with Crippen LogP contribution in [0.2, 0.25) is 0 Å². The molecule has 0 aliphatic rings. The Kier molecular flexibility index (Phi) is 4.01. The first-order valence-corrected chi connectivity index (χ1v) is 4.85. The fraction of sp³-hybridized carbons (Fsp3) is 0.455. The molecule has 14 heavy (non-hydrogen) atoms. The molecule has 1 atom stereocenters. The quantitative estimate of drug-likeness (QED) is 0.792. The van der Waals surface area contributed by atoms with E-state index in [4.69, 9.17) is 5.73 Å². The SMILES string of the molecule is CCCC[C@@H](N)c1cc(F)ccc1F. The smallest absolute Gasteiger partial charge is 0.128 e. The number of halogens is 2. The molecule has 1 nitrogen and oxygen atoms in total. The molecule has 1 rings (SSSR count). The summed E-state index contributed by atoms with van der Waals surface area (Å²) >= 11 is 0. The zero-order chi connectivity index (χ0) is 10.6. The maximum atomic E-state index is 13.2. The minimum absolute atomic E-state index is 0.276.